The van der Waals surface area contributed by atoms with Gasteiger partial charge in [0.2, 0.25) is 0 Å². The topological polar surface area (TPSA) is 169 Å². The van der Waals surface area contributed by atoms with E-state index in [0.717, 1.165) is 115 Å². The number of carbonyl (C=O) groups is 1. The summed E-state index contributed by atoms with van der Waals surface area (Å²) in [4.78, 5) is 56.3. The molecule has 18 nitrogen and oxygen atoms in total. The van der Waals surface area contributed by atoms with Gasteiger partial charge in [-0.15, -0.1) is 0 Å². The number of anilines is 2. The second-order valence-corrected chi connectivity index (χ2v) is 26.5. The molecule has 8 aliphatic heterocycles. The third-order valence-electron chi connectivity index (χ3n) is 20.8. The van der Waals surface area contributed by atoms with Crippen LogP contribution in [-0.4, -0.2) is 165 Å². The lowest BCUT2D eigenvalue weighted by Crippen LogP contribution is -2.68. The minimum atomic E-state index is -0.768. The van der Waals surface area contributed by atoms with Crippen LogP contribution in [0, 0.1) is 17.0 Å². The van der Waals surface area contributed by atoms with E-state index in [4.69, 9.17) is 53.6 Å². The maximum absolute atomic E-state index is 17.7. The van der Waals surface area contributed by atoms with Crippen LogP contribution in [0.1, 0.15) is 123 Å². The second-order valence-electron chi connectivity index (χ2n) is 26.5. The van der Waals surface area contributed by atoms with Crippen molar-refractivity contribution in [2.75, 3.05) is 89.3 Å². The number of benzene rings is 2. The Hall–Kier alpha value is -6.61. The van der Waals surface area contributed by atoms with Crippen molar-refractivity contribution in [2.24, 2.45) is 5.41 Å². The van der Waals surface area contributed by atoms with Gasteiger partial charge in [0.05, 0.1) is 33.4 Å². The number of hydrogen-bond donors (Lipinski definition) is 1. The number of halogens is 2. The summed E-state index contributed by atoms with van der Waals surface area (Å²) in [5.74, 6) is 0.789. The van der Waals surface area contributed by atoms with Gasteiger partial charge < -0.3 is 38.8 Å². The number of aryl methyl sites for hydroxylation is 2. The zero-order chi connectivity index (χ0) is 58.4. The van der Waals surface area contributed by atoms with Crippen LogP contribution >= 0.6 is 0 Å². The number of ether oxygens (including phenoxy) is 5. The fourth-order valence-corrected chi connectivity index (χ4v) is 16.3. The number of fused-ring (bicyclic) bond motifs is 8. The Morgan fingerprint density at radius 2 is 1.18 bits per heavy atom. The SMILES string of the molecule is CCc1ccc(OC(=O)N2C3CCC2(C(C)(C)C)CN(c2nc(OCC45CCCN4CCC5)nc4c(F)c(-c5cc(OCOC)ccc5CC)ncc24)C3)cc1-c1ncc2c(N3C[C@H]4CC[C@@H](C3)N4)nc(OCC34CCCN3CCC4)nc2c1F. The van der Waals surface area contributed by atoms with Gasteiger partial charge in [0.1, 0.15) is 58.8 Å². The zero-order valence-corrected chi connectivity index (χ0v) is 50.2. The molecule has 8 saturated heterocycles. The molecule has 4 bridgehead atoms. The van der Waals surface area contributed by atoms with Crippen molar-refractivity contribution < 1.29 is 37.3 Å². The lowest BCUT2D eigenvalue weighted by molar-refractivity contribution is 0.00847. The fourth-order valence-electron chi connectivity index (χ4n) is 16.3. The van der Waals surface area contributed by atoms with Crippen molar-refractivity contribution in [3.63, 3.8) is 0 Å². The molecule has 2 unspecified atom stereocenters. The van der Waals surface area contributed by atoms with Gasteiger partial charge in [-0.2, -0.15) is 19.9 Å². The Bertz CT molecular complexity index is 3540. The number of aromatic nitrogens is 6. The van der Waals surface area contributed by atoms with Gasteiger partial charge in [-0.3, -0.25) is 24.7 Å². The second kappa shape index (κ2) is 22.0. The van der Waals surface area contributed by atoms with Crippen molar-refractivity contribution in [3.05, 3.63) is 71.6 Å². The molecule has 1 N–H and O–H groups in total. The third-order valence-corrected chi connectivity index (χ3v) is 20.8. The summed E-state index contributed by atoms with van der Waals surface area (Å²) in [5, 5.41) is 4.70. The minimum Gasteiger partial charge on any atom is -0.468 e. The van der Waals surface area contributed by atoms with E-state index >= 15 is 13.6 Å². The largest absolute Gasteiger partial charge is 0.468 e. The Balaban J connectivity index is 0.784. The average molecular weight is 1160 g/mol. The molecule has 14 rings (SSSR count). The van der Waals surface area contributed by atoms with E-state index in [2.05, 4.69) is 45.7 Å². The molecule has 12 heterocycles. The maximum Gasteiger partial charge on any atom is 0.416 e. The highest BCUT2D eigenvalue weighted by molar-refractivity contribution is 5.94. The lowest BCUT2D eigenvalue weighted by Gasteiger charge is -2.54. The molecule has 0 aliphatic carbocycles. The highest BCUT2D eigenvalue weighted by Crippen LogP contribution is 2.52. The number of nitrogens with one attached hydrogen (secondary N) is 1. The molecule has 6 aromatic rings. The molecule has 2 aromatic carbocycles. The van der Waals surface area contributed by atoms with Gasteiger partial charge in [-0.25, -0.2) is 13.6 Å². The molecule has 8 aliphatic rings. The van der Waals surface area contributed by atoms with E-state index in [1.54, 1.807) is 37.7 Å². The number of nitrogens with zero attached hydrogens (tertiary/aromatic N) is 11. The van der Waals surface area contributed by atoms with E-state index in [0.29, 0.717) is 103 Å². The van der Waals surface area contributed by atoms with Gasteiger partial charge in [-0.05, 0) is 157 Å². The van der Waals surface area contributed by atoms with Gasteiger partial charge in [0.25, 0.3) is 0 Å². The van der Waals surface area contributed by atoms with E-state index < -0.39 is 28.7 Å². The number of methoxy groups -OCH3 is 1. The highest BCUT2D eigenvalue weighted by Gasteiger charge is 2.60. The first-order valence-electron chi connectivity index (χ1n) is 31.3. The van der Waals surface area contributed by atoms with Crippen LogP contribution in [0.15, 0.2) is 48.8 Å². The predicted octanol–water partition coefficient (Wildman–Crippen LogP) is 10.3. The smallest absolute Gasteiger partial charge is 0.416 e. The first-order chi connectivity index (χ1) is 41.2. The first kappa shape index (κ1) is 56.2. The van der Waals surface area contributed by atoms with E-state index in [1.165, 1.54) is 0 Å². The summed E-state index contributed by atoms with van der Waals surface area (Å²) in [7, 11) is 1.56. The third kappa shape index (κ3) is 9.75. The number of hydrogen-bond acceptors (Lipinski definition) is 17. The molecule has 8 fully saturated rings. The quantitative estimate of drug-likeness (QED) is 0.0908. The molecule has 0 saturated carbocycles. The molecular formula is C65H80F2N12O6. The van der Waals surface area contributed by atoms with Crippen LogP contribution in [0.4, 0.5) is 25.2 Å². The van der Waals surface area contributed by atoms with Crippen molar-refractivity contribution in [2.45, 2.75) is 159 Å². The monoisotopic (exact) mass is 1160 g/mol. The molecule has 20 heteroatoms. The standard InChI is InChI=1S/C65H80F2N12O6/c1-7-40-13-17-45(84-39-81-6)29-47(40)53-51(66)56-50(32-69-53)58(74-60(72-56)83-38-64-22-11-27-78(64)28-12-23-64)76-35-44-19-24-65(36-76,62(3,4)5)79(44)61(80)85-46-18-14-41(8-2)48(30-46)54-52(67)55-49(31-68-54)57(75-33-42-15-16-43(34-75)70-42)73-59(71-55)82-37-63-20-9-25-77(63)26-10-21-63/h13-14,17-18,29-32,42-44,70H,7-12,15-16,19-28,33-39H2,1-6H3/t42-,43+,44?,65?. The molecule has 0 radical (unpaired) electrons. The first-order valence-corrected chi connectivity index (χ1v) is 31.3. The van der Waals surface area contributed by atoms with E-state index in [1.807, 2.05) is 36.9 Å². The van der Waals surface area contributed by atoms with Crippen LogP contribution < -0.4 is 34.1 Å². The zero-order valence-electron chi connectivity index (χ0n) is 50.2. The highest BCUT2D eigenvalue weighted by atomic mass is 19.1. The Morgan fingerprint density at radius 3 is 1.69 bits per heavy atom. The van der Waals surface area contributed by atoms with E-state index in [9.17, 15) is 0 Å². The van der Waals surface area contributed by atoms with E-state index in [-0.39, 0.29) is 64.1 Å². The Morgan fingerprint density at radius 1 is 0.659 bits per heavy atom. The summed E-state index contributed by atoms with van der Waals surface area (Å²) >= 11 is 0. The molecule has 4 atom stereocenters. The summed E-state index contributed by atoms with van der Waals surface area (Å²) in [6, 6.07) is 11.6. The summed E-state index contributed by atoms with van der Waals surface area (Å²) < 4.78 is 66.1. The molecule has 85 heavy (non-hydrogen) atoms. The summed E-state index contributed by atoms with van der Waals surface area (Å²) in [6.07, 6.45) is 16.3. The van der Waals surface area contributed by atoms with Crippen molar-refractivity contribution in [1.29, 1.82) is 0 Å². The van der Waals surface area contributed by atoms with Crippen molar-refractivity contribution in [3.8, 4) is 46.0 Å². The normalized spacial score (nSPS) is 24.2. The maximum atomic E-state index is 17.7. The van der Waals surface area contributed by atoms with Crippen LogP contribution in [0.5, 0.6) is 23.5 Å². The van der Waals surface area contributed by atoms with Gasteiger partial charge in [-0.1, -0.05) is 46.8 Å². The number of carbonyl (C=O) groups excluding carboxylic acids is 1. The molecule has 450 valence electrons. The predicted molar refractivity (Wildman–Crippen MR) is 321 cm³/mol. The van der Waals surface area contributed by atoms with Crippen LogP contribution in [0.25, 0.3) is 44.3 Å². The van der Waals surface area contributed by atoms with Gasteiger partial charge in [0, 0.05) is 68.9 Å². The van der Waals surface area contributed by atoms with Crippen LogP contribution in [0.3, 0.4) is 0 Å². The molecule has 4 aromatic heterocycles. The van der Waals surface area contributed by atoms with Crippen LogP contribution in [-0.2, 0) is 17.6 Å². The number of pyridine rings is 2. The lowest BCUT2D eigenvalue weighted by atomic mass is 9.71. The fraction of sp³-hybridized carbons (Fsp3) is 0.585. The number of piperazine rings is 2. The Labute approximate surface area is 496 Å². The summed E-state index contributed by atoms with van der Waals surface area (Å²) in [6.45, 7) is 17.8. The average Bonchev–Trinajstić information content (AvgIpc) is 1.87. The van der Waals surface area contributed by atoms with Gasteiger partial charge in [0.15, 0.2) is 18.4 Å². The number of amides is 1. The number of rotatable bonds is 16. The van der Waals surface area contributed by atoms with Crippen LogP contribution in [0.2, 0.25) is 0 Å². The molecular weight excluding hydrogens is 1080 g/mol. The minimum absolute atomic E-state index is 0.0429. The molecule has 0 spiro atoms. The van der Waals surface area contributed by atoms with Gasteiger partial charge >= 0.3 is 18.1 Å². The van der Waals surface area contributed by atoms with Crippen molar-refractivity contribution >= 4 is 39.5 Å². The Kier molecular flexibility index (Phi) is 14.5. The van der Waals surface area contributed by atoms with Crippen molar-refractivity contribution in [1.82, 2.24) is 49.9 Å². The summed E-state index contributed by atoms with van der Waals surface area (Å²) in [5.41, 5.74) is 2.00. The molecule has 1 amide bonds.